The van der Waals surface area contributed by atoms with Gasteiger partial charge in [-0.05, 0) is 24.6 Å². The molecule has 3 atom stereocenters. The van der Waals surface area contributed by atoms with Gasteiger partial charge in [-0.2, -0.15) is 5.26 Å². The fourth-order valence-corrected chi connectivity index (χ4v) is 2.54. The van der Waals surface area contributed by atoms with E-state index in [0.29, 0.717) is 5.56 Å². The maximum absolute atomic E-state index is 11.6. The Morgan fingerprint density at radius 3 is 2.35 bits per heavy atom. The largest absolute Gasteiger partial charge is 0.303 e. The summed E-state index contributed by atoms with van der Waals surface area (Å²) in [6.07, 6.45) is 0.865. The lowest BCUT2D eigenvalue weighted by atomic mass is 9.96. The molecule has 0 amide bonds. The first-order chi connectivity index (χ1) is 8.05. The number of hydrogen-bond acceptors (Lipinski definition) is 3. The molecule has 3 nitrogen and oxygen atoms in total. The van der Waals surface area contributed by atoms with Crippen LogP contribution in [0.2, 0.25) is 0 Å². The summed E-state index contributed by atoms with van der Waals surface area (Å²) in [6.45, 7) is 3.36. The van der Waals surface area contributed by atoms with Crippen LogP contribution in [0.15, 0.2) is 24.3 Å². The Hall–Kier alpha value is -1.95. The van der Waals surface area contributed by atoms with Crippen molar-refractivity contribution in [3.8, 4) is 6.07 Å². The minimum Gasteiger partial charge on any atom is -0.303 e. The summed E-state index contributed by atoms with van der Waals surface area (Å²) in [5.74, 6) is -0.220. The van der Waals surface area contributed by atoms with Gasteiger partial charge >= 0.3 is 0 Å². The van der Waals surface area contributed by atoms with Gasteiger partial charge in [0, 0.05) is 17.3 Å². The number of rotatable bonds is 3. The van der Waals surface area contributed by atoms with Crippen molar-refractivity contribution in [1.82, 2.24) is 0 Å². The van der Waals surface area contributed by atoms with Crippen molar-refractivity contribution in [2.75, 3.05) is 0 Å². The Balaban J connectivity index is 2.33. The van der Waals surface area contributed by atoms with Crippen molar-refractivity contribution in [2.45, 2.75) is 19.8 Å². The highest BCUT2D eigenvalue weighted by Gasteiger charge is 2.64. The average Bonchev–Trinajstić information content (AvgIpc) is 2.96. The summed E-state index contributed by atoms with van der Waals surface area (Å²) in [7, 11) is 0. The van der Waals surface area contributed by atoms with E-state index in [1.807, 2.05) is 25.1 Å². The topological polar surface area (TPSA) is 57.9 Å². The highest BCUT2D eigenvalue weighted by Crippen LogP contribution is 2.64. The van der Waals surface area contributed by atoms with E-state index >= 15 is 0 Å². The molecule has 0 saturated heterocycles. The molecule has 0 heterocycles. The highest BCUT2D eigenvalue weighted by molar-refractivity contribution is 5.92. The van der Waals surface area contributed by atoms with Gasteiger partial charge in [-0.25, -0.2) is 0 Å². The molecule has 0 aliphatic heterocycles. The highest BCUT2D eigenvalue weighted by atomic mass is 16.1. The monoisotopic (exact) mass is 227 g/mol. The normalized spacial score (nSPS) is 30.4. The molecular formula is C14H13NO2. The maximum Gasteiger partial charge on any atom is 0.137 e. The number of nitrogens with zero attached hydrogens (tertiary/aromatic N) is 1. The molecule has 0 N–H and O–H groups in total. The Bertz CT molecular complexity index is 512. The van der Waals surface area contributed by atoms with Crippen LogP contribution in [0, 0.1) is 22.7 Å². The summed E-state index contributed by atoms with van der Waals surface area (Å²) in [5.41, 5.74) is 0.982. The van der Waals surface area contributed by atoms with Gasteiger partial charge in [0.25, 0.3) is 0 Å². The van der Waals surface area contributed by atoms with Crippen LogP contribution < -0.4 is 0 Å². The summed E-state index contributed by atoms with van der Waals surface area (Å²) >= 11 is 0. The van der Waals surface area contributed by atoms with E-state index in [-0.39, 0.29) is 17.6 Å². The van der Waals surface area contributed by atoms with Crippen LogP contribution in [-0.4, -0.2) is 12.1 Å². The molecule has 0 spiro atoms. The number of benzene rings is 1. The second-order valence-corrected chi connectivity index (χ2v) is 4.71. The molecule has 17 heavy (non-hydrogen) atoms. The fraction of sp³-hybridized carbons (Fsp3) is 0.357. The van der Waals surface area contributed by atoms with Crippen molar-refractivity contribution in [1.29, 1.82) is 5.26 Å². The number of ketones is 1. The van der Waals surface area contributed by atoms with Gasteiger partial charge in [0.05, 0.1) is 11.6 Å². The van der Waals surface area contributed by atoms with Crippen LogP contribution in [0.3, 0.4) is 0 Å². The molecular weight excluding hydrogens is 214 g/mol. The first-order valence-corrected chi connectivity index (χ1v) is 5.52. The lowest BCUT2D eigenvalue weighted by Crippen LogP contribution is -2.11. The number of carbonyl (C=O) groups is 2. The predicted octanol–water partition coefficient (Wildman–Crippen LogP) is 2.07. The molecule has 1 saturated carbocycles. The zero-order chi connectivity index (χ0) is 12.6. The van der Waals surface area contributed by atoms with E-state index in [1.54, 1.807) is 12.1 Å². The fourth-order valence-electron chi connectivity index (χ4n) is 2.54. The smallest absolute Gasteiger partial charge is 0.137 e. The van der Waals surface area contributed by atoms with E-state index in [9.17, 15) is 9.59 Å². The standard InChI is InChI=1S/C14H13NO2/c1-9(17)14(2)12(8-16)13(14)11-5-3-10(7-15)4-6-11/h3-6,8,12-13H,1-2H3/t12-,13-,14+/m1/s1. The number of hydrogen-bond donors (Lipinski definition) is 0. The van der Waals surface area contributed by atoms with E-state index in [2.05, 4.69) is 0 Å². The predicted molar refractivity (Wildman–Crippen MR) is 62.2 cm³/mol. The van der Waals surface area contributed by atoms with Gasteiger partial charge in [0.15, 0.2) is 0 Å². The minimum atomic E-state index is -0.560. The third-order valence-electron chi connectivity index (χ3n) is 3.89. The third-order valence-corrected chi connectivity index (χ3v) is 3.89. The van der Waals surface area contributed by atoms with Crippen molar-refractivity contribution in [3.05, 3.63) is 35.4 Å². The van der Waals surface area contributed by atoms with Gasteiger partial charge in [0.1, 0.15) is 12.1 Å². The first kappa shape index (κ1) is 11.5. The Kier molecular flexibility index (Phi) is 2.59. The third kappa shape index (κ3) is 1.57. The van der Waals surface area contributed by atoms with E-state index < -0.39 is 5.41 Å². The van der Waals surface area contributed by atoms with Gasteiger partial charge in [-0.3, -0.25) is 4.79 Å². The van der Waals surface area contributed by atoms with Crippen molar-refractivity contribution in [2.24, 2.45) is 11.3 Å². The lowest BCUT2D eigenvalue weighted by Gasteiger charge is -2.06. The number of Topliss-reactive ketones (excluding diaryl/α,β-unsaturated/α-hetero) is 1. The summed E-state index contributed by atoms with van der Waals surface area (Å²) in [5, 5.41) is 8.71. The Morgan fingerprint density at radius 1 is 1.41 bits per heavy atom. The number of aldehydes is 1. The number of carbonyl (C=O) groups excluding carboxylic acids is 2. The van der Waals surface area contributed by atoms with Crippen LogP contribution in [-0.2, 0) is 9.59 Å². The molecule has 0 radical (unpaired) electrons. The zero-order valence-electron chi connectivity index (χ0n) is 9.81. The van der Waals surface area contributed by atoms with E-state index in [0.717, 1.165) is 11.8 Å². The van der Waals surface area contributed by atoms with Crippen LogP contribution in [0.25, 0.3) is 0 Å². The Labute approximate surface area is 100 Å². The summed E-state index contributed by atoms with van der Waals surface area (Å²) in [4.78, 5) is 22.6. The van der Waals surface area contributed by atoms with Gasteiger partial charge in [-0.1, -0.05) is 19.1 Å². The van der Waals surface area contributed by atoms with Crippen LogP contribution >= 0.6 is 0 Å². The van der Waals surface area contributed by atoms with Crippen molar-refractivity contribution in [3.63, 3.8) is 0 Å². The molecule has 0 bridgehead atoms. The molecule has 1 aromatic carbocycles. The Morgan fingerprint density at radius 2 is 2.00 bits per heavy atom. The molecule has 1 aliphatic rings. The van der Waals surface area contributed by atoms with E-state index in [4.69, 9.17) is 5.26 Å². The van der Waals surface area contributed by atoms with Crippen LogP contribution in [0.5, 0.6) is 0 Å². The molecule has 0 aromatic heterocycles. The molecule has 1 fully saturated rings. The summed E-state index contributed by atoms with van der Waals surface area (Å²) in [6, 6.07) is 9.14. The van der Waals surface area contributed by atoms with Gasteiger partial charge in [0.2, 0.25) is 0 Å². The van der Waals surface area contributed by atoms with Crippen LogP contribution in [0.1, 0.15) is 30.9 Å². The zero-order valence-corrected chi connectivity index (χ0v) is 9.81. The van der Waals surface area contributed by atoms with Crippen LogP contribution in [0.4, 0.5) is 0 Å². The molecule has 1 aromatic rings. The van der Waals surface area contributed by atoms with Gasteiger partial charge in [-0.15, -0.1) is 0 Å². The molecule has 0 unspecified atom stereocenters. The summed E-state index contributed by atoms with van der Waals surface area (Å²) < 4.78 is 0. The second kappa shape index (κ2) is 3.81. The molecule has 3 heteroatoms. The van der Waals surface area contributed by atoms with E-state index in [1.165, 1.54) is 6.92 Å². The van der Waals surface area contributed by atoms with Crippen molar-refractivity contribution >= 4 is 12.1 Å². The molecule has 86 valence electrons. The second-order valence-electron chi connectivity index (χ2n) is 4.71. The average molecular weight is 227 g/mol. The van der Waals surface area contributed by atoms with Gasteiger partial charge < -0.3 is 4.79 Å². The minimum absolute atomic E-state index is 0.0368. The quantitative estimate of drug-likeness (QED) is 0.743. The lowest BCUT2D eigenvalue weighted by molar-refractivity contribution is -0.123. The first-order valence-electron chi connectivity index (χ1n) is 5.52. The molecule has 1 aliphatic carbocycles. The SMILES string of the molecule is CC(=O)[C@@]1(C)[C@H](C=O)[C@H]1c1ccc(C#N)cc1. The van der Waals surface area contributed by atoms with Crippen molar-refractivity contribution < 1.29 is 9.59 Å². The maximum atomic E-state index is 11.6. The number of nitriles is 1. The molecule has 2 rings (SSSR count).